The molecule has 2 N–H and O–H groups in total. The van der Waals surface area contributed by atoms with Crippen LogP contribution in [0.25, 0.3) is 22.2 Å². The third-order valence-electron chi connectivity index (χ3n) is 4.14. The van der Waals surface area contributed by atoms with Gasteiger partial charge in [0.05, 0.1) is 11.6 Å². The Labute approximate surface area is 156 Å². The molecule has 6 heteroatoms. The van der Waals surface area contributed by atoms with Gasteiger partial charge in [0.15, 0.2) is 0 Å². The fourth-order valence-electron chi connectivity index (χ4n) is 2.73. The third-order valence-corrected chi connectivity index (χ3v) is 4.14. The van der Waals surface area contributed by atoms with Gasteiger partial charge in [0.2, 0.25) is 11.8 Å². The minimum Gasteiger partial charge on any atom is -0.424 e. The molecular formula is C21H17N5O. The number of nitrogens with two attached hydrogens (primary N) is 1. The fraction of sp³-hybridized carbons (Fsp3) is 0.143. The fourth-order valence-corrected chi connectivity index (χ4v) is 2.73. The highest BCUT2D eigenvalue weighted by atomic mass is 16.4. The van der Waals surface area contributed by atoms with Crippen LogP contribution in [0.15, 0.2) is 53.1 Å². The van der Waals surface area contributed by atoms with E-state index in [1.807, 2.05) is 49.4 Å². The molecule has 27 heavy (non-hydrogen) atoms. The van der Waals surface area contributed by atoms with Crippen molar-refractivity contribution in [3.8, 4) is 23.1 Å². The summed E-state index contributed by atoms with van der Waals surface area (Å²) in [7, 11) is 0. The SMILES string of the molecule is Cc1nnc([C@@H](C)C#Cc2cccc(-c3ccc4ccnc(N)c4n3)c2)o1. The van der Waals surface area contributed by atoms with Crippen LogP contribution in [0.3, 0.4) is 0 Å². The monoisotopic (exact) mass is 355 g/mol. The molecule has 1 aromatic carbocycles. The predicted molar refractivity (Wildman–Crippen MR) is 104 cm³/mol. The van der Waals surface area contributed by atoms with Gasteiger partial charge < -0.3 is 10.2 Å². The number of fused-ring (bicyclic) bond motifs is 1. The normalized spacial score (nSPS) is 11.8. The molecule has 0 spiro atoms. The lowest BCUT2D eigenvalue weighted by atomic mass is 10.1. The Balaban J connectivity index is 1.65. The average molecular weight is 355 g/mol. The van der Waals surface area contributed by atoms with Gasteiger partial charge in [-0.15, -0.1) is 10.2 Å². The summed E-state index contributed by atoms with van der Waals surface area (Å²) >= 11 is 0. The molecule has 0 aliphatic rings. The Morgan fingerprint density at radius 1 is 1.11 bits per heavy atom. The molecule has 0 saturated heterocycles. The van der Waals surface area contributed by atoms with Gasteiger partial charge in [0.25, 0.3) is 0 Å². The summed E-state index contributed by atoms with van der Waals surface area (Å²) in [6.07, 6.45) is 1.68. The highest BCUT2D eigenvalue weighted by Gasteiger charge is 2.09. The average Bonchev–Trinajstić information content (AvgIpc) is 3.13. The minimum atomic E-state index is -0.139. The van der Waals surface area contributed by atoms with Crippen molar-refractivity contribution in [1.29, 1.82) is 0 Å². The van der Waals surface area contributed by atoms with Gasteiger partial charge >= 0.3 is 0 Å². The molecule has 0 saturated carbocycles. The van der Waals surface area contributed by atoms with Gasteiger partial charge in [-0.25, -0.2) is 9.97 Å². The van der Waals surface area contributed by atoms with Crippen molar-refractivity contribution in [2.75, 3.05) is 5.73 Å². The van der Waals surface area contributed by atoms with Gasteiger partial charge in [-0.3, -0.25) is 0 Å². The lowest BCUT2D eigenvalue weighted by molar-refractivity contribution is 0.462. The van der Waals surface area contributed by atoms with Crippen LogP contribution < -0.4 is 5.73 Å². The van der Waals surface area contributed by atoms with Crippen LogP contribution in [-0.2, 0) is 0 Å². The first-order chi connectivity index (χ1) is 13.1. The number of pyridine rings is 2. The van der Waals surface area contributed by atoms with E-state index in [1.165, 1.54) is 0 Å². The number of anilines is 1. The van der Waals surface area contributed by atoms with Crippen LogP contribution in [0.2, 0.25) is 0 Å². The van der Waals surface area contributed by atoms with E-state index in [4.69, 9.17) is 10.2 Å². The number of nitrogen functional groups attached to an aromatic ring is 1. The molecule has 3 aromatic heterocycles. The molecule has 1 atom stereocenters. The van der Waals surface area contributed by atoms with E-state index in [0.717, 1.165) is 22.2 Å². The van der Waals surface area contributed by atoms with Crippen molar-refractivity contribution in [3.05, 3.63) is 66.0 Å². The third kappa shape index (κ3) is 3.48. The summed E-state index contributed by atoms with van der Waals surface area (Å²) in [4.78, 5) is 8.77. The van der Waals surface area contributed by atoms with Crippen molar-refractivity contribution in [1.82, 2.24) is 20.2 Å². The first-order valence-corrected chi connectivity index (χ1v) is 8.53. The van der Waals surface area contributed by atoms with Gasteiger partial charge in [-0.1, -0.05) is 30.0 Å². The van der Waals surface area contributed by atoms with Crippen LogP contribution in [0.5, 0.6) is 0 Å². The highest BCUT2D eigenvalue weighted by molar-refractivity contribution is 5.88. The van der Waals surface area contributed by atoms with Crippen molar-refractivity contribution >= 4 is 16.7 Å². The minimum absolute atomic E-state index is 0.139. The van der Waals surface area contributed by atoms with E-state index in [-0.39, 0.29) is 5.92 Å². The smallest absolute Gasteiger partial charge is 0.231 e. The summed E-state index contributed by atoms with van der Waals surface area (Å²) in [5, 5.41) is 8.82. The number of hydrogen-bond donors (Lipinski definition) is 1. The number of aromatic nitrogens is 4. The first kappa shape index (κ1) is 16.7. The first-order valence-electron chi connectivity index (χ1n) is 8.53. The number of aryl methyl sites for hydroxylation is 1. The van der Waals surface area contributed by atoms with Crippen LogP contribution in [-0.4, -0.2) is 20.2 Å². The molecule has 4 rings (SSSR count). The number of benzene rings is 1. The van der Waals surface area contributed by atoms with Gasteiger partial charge in [0, 0.05) is 29.6 Å². The largest absolute Gasteiger partial charge is 0.424 e. The molecular weight excluding hydrogens is 338 g/mol. The van der Waals surface area contributed by atoms with Gasteiger partial charge in [-0.2, -0.15) is 0 Å². The standard InChI is InChI=1S/C21H17N5O/c1-13(21-26-25-14(2)27-21)6-7-15-4-3-5-17(12-15)18-9-8-16-10-11-23-20(22)19(16)24-18/h3-5,8-13H,1-2H3,(H2,22,23)/t13-/m0/s1. The van der Waals surface area contributed by atoms with E-state index in [1.54, 1.807) is 13.1 Å². The summed E-state index contributed by atoms with van der Waals surface area (Å²) in [5.41, 5.74) is 9.33. The van der Waals surface area contributed by atoms with E-state index < -0.39 is 0 Å². The molecule has 0 amide bonds. The maximum Gasteiger partial charge on any atom is 0.231 e. The van der Waals surface area contributed by atoms with Crippen LogP contribution in [0, 0.1) is 18.8 Å². The zero-order chi connectivity index (χ0) is 18.8. The zero-order valence-corrected chi connectivity index (χ0v) is 15.0. The molecule has 0 fully saturated rings. The molecule has 0 bridgehead atoms. The van der Waals surface area contributed by atoms with Gasteiger partial charge in [0.1, 0.15) is 11.3 Å². The van der Waals surface area contributed by atoms with E-state index >= 15 is 0 Å². The maximum absolute atomic E-state index is 5.96. The Hall–Kier alpha value is -3.72. The second-order valence-corrected chi connectivity index (χ2v) is 6.20. The Morgan fingerprint density at radius 2 is 2.00 bits per heavy atom. The summed E-state index contributed by atoms with van der Waals surface area (Å²) in [5.74, 6) is 7.67. The van der Waals surface area contributed by atoms with Crippen molar-refractivity contribution < 1.29 is 4.42 Å². The molecule has 132 valence electrons. The summed E-state index contributed by atoms with van der Waals surface area (Å²) < 4.78 is 5.43. The lowest BCUT2D eigenvalue weighted by Crippen LogP contribution is -1.94. The number of rotatable bonds is 2. The van der Waals surface area contributed by atoms with E-state index in [2.05, 4.69) is 32.0 Å². The van der Waals surface area contributed by atoms with Crippen molar-refractivity contribution in [2.45, 2.75) is 19.8 Å². The second kappa shape index (κ2) is 6.89. The molecule has 4 aromatic rings. The summed E-state index contributed by atoms with van der Waals surface area (Å²) in [6.45, 7) is 3.70. The predicted octanol–water partition coefficient (Wildman–Crippen LogP) is 3.73. The van der Waals surface area contributed by atoms with Crippen LogP contribution in [0.4, 0.5) is 5.82 Å². The van der Waals surface area contributed by atoms with Crippen LogP contribution >= 0.6 is 0 Å². The quantitative estimate of drug-likeness (QED) is 0.551. The van der Waals surface area contributed by atoms with E-state index in [9.17, 15) is 0 Å². The Bertz CT molecular complexity index is 1190. The molecule has 0 radical (unpaired) electrons. The lowest BCUT2D eigenvalue weighted by Gasteiger charge is -2.05. The molecule has 0 aliphatic carbocycles. The second-order valence-electron chi connectivity index (χ2n) is 6.20. The van der Waals surface area contributed by atoms with Crippen LogP contribution in [0.1, 0.15) is 30.2 Å². The Morgan fingerprint density at radius 3 is 2.81 bits per heavy atom. The summed E-state index contributed by atoms with van der Waals surface area (Å²) in [6, 6.07) is 13.8. The molecule has 3 heterocycles. The molecule has 0 unspecified atom stereocenters. The topological polar surface area (TPSA) is 90.7 Å². The molecule has 6 nitrogen and oxygen atoms in total. The van der Waals surface area contributed by atoms with Crippen molar-refractivity contribution in [2.24, 2.45) is 0 Å². The highest BCUT2D eigenvalue weighted by Crippen LogP contribution is 2.24. The van der Waals surface area contributed by atoms with Gasteiger partial charge in [-0.05, 0) is 31.2 Å². The number of nitrogens with zero attached hydrogens (tertiary/aromatic N) is 4. The maximum atomic E-state index is 5.96. The van der Waals surface area contributed by atoms with E-state index in [0.29, 0.717) is 23.1 Å². The van der Waals surface area contributed by atoms with Crippen molar-refractivity contribution in [3.63, 3.8) is 0 Å². The zero-order valence-electron chi connectivity index (χ0n) is 15.0. The molecule has 0 aliphatic heterocycles. The number of hydrogen-bond acceptors (Lipinski definition) is 6. The Kier molecular flexibility index (Phi) is 4.27.